The molecule has 1 aliphatic heterocycles. The Morgan fingerprint density at radius 2 is 1.85 bits per heavy atom. The molecule has 0 aliphatic carbocycles. The van der Waals surface area contributed by atoms with Crippen molar-refractivity contribution < 1.29 is 24.2 Å². The fraction of sp³-hybridized carbons (Fsp3) is 0.263. The lowest BCUT2D eigenvalue weighted by Gasteiger charge is -2.21. The fourth-order valence-corrected chi connectivity index (χ4v) is 3.51. The number of ketones is 1. The van der Waals surface area contributed by atoms with E-state index in [1.54, 1.807) is 37.4 Å². The molecule has 1 heterocycles. The zero-order valence-corrected chi connectivity index (χ0v) is 16.2. The Bertz CT molecular complexity index is 897. The van der Waals surface area contributed by atoms with E-state index in [0.29, 0.717) is 28.3 Å². The Morgan fingerprint density at radius 3 is 2.50 bits per heavy atom. The van der Waals surface area contributed by atoms with Crippen LogP contribution in [-0.4, -0.2) is 38.1 Å². The molecule has 0 radical (unpaired) electrons. The van der Waals surface area contributed by atoms with E-state index in [-0.39, 0.29) is 12.2 Å². The molecule has 1 amide bonds. The maximum Gasteiger partial charge on any atom is 0.263 e. The Hall–Kier alpha value is -2.38. The number of ether oxygens (including phenoxy) is 2. The van der Waals surface area contributed by atoms with E-state index in [1.807, 2.05) is 0 Å². The van der Waals surface area contributed by atoms with Gasteiger partial charge < -0.3 is 19.5 Å². The summed E-state index contributed by atoms with van der Waals surface area (Å²) in [4.78, 5) is 26.8. The van der Waals surface area contributed by atoms with E-state index >= 15 is 0 Å². The second kappa shape index (κ2) is 6.74. The molecule has 1 unspecified atom stereocenters. The number of hydrogen-bond acceptors (Lipinski definition) is 5. The number of carbonyl (C=O) groups is 2. The SMILES string of the molecule is COc1ccc(C(=O)CC2(O)C(=O)N(C)c3ccc(Br)cc32)cc1OC. The first-order chi connectivity index (χ1) is 12.3. The Labute approximate surface area is 159 Å². The number of halogens is 1. The lowest BCUT2D eigenvalue weighted by molar-refractivity contribution is -0.135. The molecule has 7 heteroatoms. The van der Waals surface area contributed by atoms with Crippen LogP contribution in [-0.2, 0) is 10.4 Å². The number of nitrogens with zero attached hydrogens (tertiary/aromatic N) is 1. The highest BCUT2D eigenvalue weighted by Gasteiger charge is 2.49. The van der Waals surface area contributed by atoms with Crippen LogP contribution in [0.25, 0.3) is 0 Å². The van der Waals surface area contributed by atoms with Gasteiger partial charge in [-0.15, -0.1) is 0 Å². The first-order valence-electron chi connectivity index (χ1n) is 7.87. The number of hydrogen-bond donors (Lipinski definition) is 1. The van der Waals surface area contributed by atoms with Gasteiger partial charge in [-0.3, -0.25) is 9.59 Å². The Balaban J connectivity index is 1.97. The summed E-state index contributed by atoms with van der Waals surface area (Å²) in [6.07, 6.45) is -0.366. The lowest BCUT2D eigenvalue weighted by Crippen LogP contribution is -2.40. The second-order valence-corrected chi connectivity index (χ2v) is 6.97. The van der Waals surface area contributed by atoms with Gasteiger partial charge in [0.1, 0.15) is 0 Å². The van der Waals surface area contributed by atoms with Crippen molar-refractivity contribution in [2.45, 2.75) is 12.0 Å². The van der Waals surface area contributed by atoms with Gasteiger partial charge >= 0.3 is 0 Å². The van der Waals surface area contributed by atoms with E-state index in [2.05, 4.69) is 15.9 Å². The molecule has 2 aromatic carbocycles. The number of likely N-dealkylation sites (N-methyl/N-ethyl adjacent to an activating group) is 1. The molecule has 6 nitrogen and oxygen atoms in total. The molecule has 1 atom stereocenters. The Kier molecular flexibility index (Phi) is 4.77. The summed E-state index contributed by atoms with van der Waals surface area (Å²) in [5, 5.41) is 11.1. The third-order valence-electron chi connectivity index (χ3n) is 4.55. The van der Waals surface area contributed by atoms with Gasteiger partial charge in [0.2, 0.25) is 0 Å². The van der Waals surface area contributed by atoms with Crippen LogP contribution in [0.5, 0.6) is 11.5 Å². The predicted octanol–water partition coefficient (Wildman–Crippen LogP) is 2.90. The van der Waals surface area contributed by atoms with Crippen LogP contribution in [0.1, 0.15) is 22.3 Å². The molecule has 26 heavy (non-hydrogen) atoms. The summed E-state index contributed by atoms with van der Waals surface area (Å²) in [5.41, 5.74) is -0.582. The number of aliphatic hydroxyl groups is 1. The van der Waals surface area contributed by atoms with Crippen molar-refractivity contribution in [2.75, 3.05) is 26.2 Å². The zero-order valence-electron chi connectivity index (χ0n) is 14.6. The summed E-state index contributed by atoms with van der Waals surface area (Å²) in [6, 6.07) is 9.91. The molecule has 0 spiro atoms. The van der Waals surface area contributed by atoms with E-state index in [4.69, 9.17) is 9.47 Å². The van der Waals surface area contributed by atoms with Crippen LogP contribution in [0, 0.1) is 0 Å². The summed E-state index contributed by atoms with van der Waals surface area (Å²) in [5.74, 6) is -0.000444. The molecular formula is C19H18BrNO5. The van der Waals surface area contributed by atoms with Gasteiger partial charge in [0.15, 0.2) is 22.9 Å². The lowest BCUT2D eigenvalue weighted by atomic mass is 9.88. The van der Waals surface area contributed by atoms with Crippen LogP contribution >= 0.6 is 15.9 Å². The third kappa shape index (κ3) is 2.87. The minimum Gasteiger partial charge on any atom is -0.493 e. The van der Waals surface area contributed by atoms with Crippen molar-refractivity contribution in [3.05, 3.63) is 52.0 Å². The minimum absolute atomic E-state index is 0.329. The van der Waals surface area contributed by atoms with Crippen LogP contribution in [0.15, 0.2) is 40.9 Å². The van der Waals surface area contributed by atoms with Gasteiger partial charge in [-0.2, -0.15) is 0 Å². The van der Waals surface area contributed by atoms with Crippen molar-refractivity contribution in [1.82, 2.24) is 0 Å². The number of carbonyl (C=O) groups excluding carboxylic acids is 2. The number of fused-ring (bicyclic) bond motifs is 1. The van der Waals surface area contributed by atoms with Crippen molar-refractivity contribution >= 4 is 33.3 Å². The molecular weight excluding hydrogens is 402 g/mol. The van der Waals surface area contributed by atoms with Crippen molar-refractivity contribution in [3.8, 4) is 11.5 Å². The highest BCUT2D eigenvalue weighted by molar-refractivity contribution is 9.10. The van der Waals surface area contributed by atoms with Gasteiger partial charge in [0.05, 0.1) is 26.3 Å². The minimum atomic E-state index is -1.90. The van der Waals surface area contributed by atoms with Crippen molar-refractivity contribution in [2.24, 2.45) is 0 Å². The van der Waals surface area contributed by atoms with Gasteiger partial charge in [0, 0.05) is 22.6 Å². The first kappa shape index (κ1) is 18.4. The average molecular weight is 420 g/mol. The van der Waals surface area contributed by atoms with E-state index in [9.17, 15) is 14.7 Å². The van der Waals surface area contributed by atoms with Crippen LogP contribution in [0.4, 0.5) is 5.69 Å². The highest BCUT2D eigenvalue weighted by Crippen LogP contribution is 2.43. The van der Waals surface area contributed by atoms with Crippen LogP contribution in [0.3, 0.4) is 0 Å². The summed E-state index contributed by atoms with van der Waals surface area (Å²) >= 11 is 3.35. The van der Waals surface area contributed by atoms with Crippen molar-refractivity contribution in [3.63, 3.8) is 0 Å². The number of rotatable bonds is 5. The molecule has 2 aromatic rings. The van der Waals surface area contributed by atoms with Gasteiger partial charge in [-0.1, -0.05) is 15.9 Å². The topological polar surface area (TPSA) is 76.1 Å². The highest BCUT2D eigenvalue weighted by atomic mass is 79.9. The fourth-order valence-electron chi connectivity index (χ4n) is 3.15. The molecule has 1 aliphatic rings. The maximum absolute atomic E-state index is 12.8. The van der Waals surface area contributed by atoms with Gasteiger partial charge in [-0.05, 0) is 36.4 Å². The molecule has 0 fully saturated rings. The summed E-state index contributed by atoms with van der Waals surface area (Å²) in [6.45, 7) is 0. The second-order valence-electron chi connectivity index (χ2n) is 6.06. The van der Waals surface area contributed by atoms with E-state index in [0.717, 1.165) is 4.47 Å². The third-order valence-corrected chi connectivity index (χ3v) is 5.04. The van der Waals surface area contributed by atoms with Crippen molar-refractivity contribution in [1.29, 1.82) is 0 Å². The van der Waals surface area contributed by atoms with Crippen LogP contribution < -0.4 is 14.4 Å². The quantitative estimate of drug-likeness (QED) is 0.753. The summed E-state index contributed by atoms with van der Waals surface area (Å²) in [7, 11) is 4.56. The van der Waals surface area contributed by atoms with Crippen LogP contribution in [0.2, 0.25) is 0 Å². The standard InChI is InChI=1S/C19H18BrNO5/c1-21-14-6-5-12(20)9-13(14)19(24,18(21)23)10-15(22)11-4-7-16(25-2)17(8-11)26-3/h4-9,24H,10H2,1-3H3. The first-order valence-corrected chi connectivity index (χ1v) is 8.67. The molecule has 0 saturated carbocycles. The normalized spacial score (nSPS) is 18.7. The zero-order chi connectivity index (χ0) is 19.1. The molecule has 1 N–H and O–H groups in total. The number of anilines is 1. The molecule has 0 saturated heterocycles. The predicted molar refractivity (Wildman–Crippen MR) is 99.9 cm³/mol. The average Bonchev–Trinajstić information content (AvgIpc) is 2.82. The number of Topliss-reactive ketones (excluding diaryl/α,β-unsaturated/α-hetero) is 1. The smallest absolute Gasteiger partial charge is 0.263 e. The number of methoxy groups -OCH3 is 2. The van der Waals surface area contributed by atoms with Gasteiger partial charge in [0.25, 0.3) is 5.91 Å². The molecule has 0 bridgehead atoms. The van der Waals surface area contributed by atoms with E-state index in [1.165, 1.54) is 25.2 Å². The molecule has 0 aromatic heterocycles. The maximum atomic E-state index is 12.8. The number of benzene rings is 2. The summed E-state index contributed by atoms with van der Waals surface area (Å²) < 4.78 is 11.1. The van der Waals surface area contributed by atoms with Gasteiger partial charge in [-0.25, -0.2) is 0 Å². The Morgan fingerprint density at radius 1 is 1.15 bits per heavy atom. The number of amides is 1. The van der Waals surface area contributed by atoms with E-state index < -0.39 is 11.5 Å². The molecule has 3 rings (SSSR count). The molecule has 136 valence electrons. The largest absolute Gasteiger partial charge is 0.493 e. The monoisotopic (exact) mass is 419 g/mol.